The molecule has 0 aliphatic carbocycles. The Morgan fingerprint density at radius 2 is 2.33 bits per heavy atom. The molecular formula is C14H17NO4S2. The molecule has 2 heterocycles. The third-order valence-electron chi connectivity index (χ3n) is 3.26. The van der Waals surface area contributed by atoms with Crippen LogP contribution in [0.25, 0.3) is 0 Å². The Balaban J connectivity index is 1.91. The van der Waals surface area contributed by atoms with Gasteiger partial charge in [-0.05, 0) is 18.9 Å². The second kappa shape index (κ2) is 7.07. The SMILES string of the molecule is O=C(NCC1CCCS1(=O)=O)c1csc(C#CCCO)c1. The molecule has 1 aliphatic heterocycles. The summed E-state index contributed by atoms with van der Waals surface area (Å²) in [7, 11) is -3.03. The number of thiophene rings is 1. The highest BCUT2D eigenvalue weighted by Crippen LogP contribution is 2.19. The molecule has 1 aromatic rings. The zero-order valence-corrected chi connectivity index (χ0v) is 13.1. The van der Waals surface area contributed by atoms with Crippen LogP contribution in [0.1, 0.15) is 34.5 Å². The third-order valence-corrected chi connectivity index (χ3v) is 6.38. The minimum atomic E-state index is -3.03. The Bertz CT molecular complexity index is 667. The van der Waals surface area contributed by atoms with Crippen molar-refractivity contribution in [2.24, 2.45) is 0 Å². The minimum absolute atomic E-state index is 0.0155. The summed E-state index contributed by atoms with van der Waals surface area (Å²) in [6.07, 6.45) is 1.69. The van der Waals surface area contributed by atoms with Crippen molar-refractivity contribution >= 4 is 27.1 Å². The Morgan fingerprint density at radius 1 is 1.52 bits per heavy atom. The standard InChI is InChI=1S/C14H17NO4S2/c16-6-2-1-4-12-8-11(10-20-12)14(17)15-9-13-5-3-7-21(13,18)19/h8,10,13,16H,2-3,5-7,9H2,(H,15,17). The smallest absolute Gasteiger partial charge is 0.252 e. The van der Waals surface area contributed by atoms with Gasteiger partial charge in [0, 0.05) is 18.3 Å². The summed E-state index contributed by atoms with van der Waals surface area (Å²) < 4.78 is 23.3. The fourth-order valence-electron chi connectivity index (χ4n) is 2.12. The first-order valence-corrected chi connectivity index (χ1v) is 9.30. The minimum Gasteiger partial charge on any atom is -0.395 e. The molecule has 1 unspecified atom stereocenters. The third kappa shape index (κ3) is 4.30. The van der Waals surface area contributed by atoms with Crippen LogP contribution in [0.4, 0.5) is 0 Å². The molecule has 0 bridgehead atoms. The molecule has 0 radical (unpaired) electrons. The lowest BCUT2D eigenvalue weighted by Crippen LogP contribution is -2.34. The second-order valence-electron chi connectivity index (χ2n) is 4.82. The molecular weight excluding hydrogens is 310 g/mol. The molecule has 0 spiro atoms. The fraction of sp³-hybridized carbons (Fsp3) is 0.500. The van der Waals surface area contributed by atoms with Gasteiger partial charge >= 0.3 is 0 Å². The summed E-state index contributed by atoms with van der Waals surface area (Å²) in [6.45, 7) is 0.185. The van der Waals surface area contributed by atoms with E-state index in [4.69, 9.17) is 5.11 Å². The van der Waals surface area contributed by atoms with Crippen molar-refractivity contribution in [1.29, 1.82) is 0 Å². The van der Waals surface area contributed by atoms with Crippen LogP contribution in [0.15, 0.2) is 11.4 Å². The van der Waals surface area contributed by atoms with Crippen LogP contribution in [-0.4, -0.2) is 43.6 Å². The van der Waals surface area contributed by atoms with Crippen molar-refractivity contribution < 1.29 is 18.3 Å². The van der Waals surface area contributed by atoms with Crippen LogP contribution in [0.5, 0.6) is 0 Å². The van der Waals surface area contributed by atoms with Gasteiger partial charge in [-0.25, -0.2) is 8.42 Å². The van der Waals surface area contributed by atoms with E-state index in [0.29, 0.717) is 24.8 Å². The van der Waals surface area contributed by atoms with Crippen molar-refractivity contribution in [2.45, 2.75) is 24.5 Å². The maximum atomic E-state index is 12.0. The van der Waals surface area contributed by atoms with E-state index in [1.807, 2.05) is 0 Å². The largest absolute Gasteiger partial charge is 0.395 e. The number of carbonyl (C=O) groups excluding carboxylic acids is 1. The molecule has 2 N–H and O–H groups in total. The molecule has 0 aromatic carbocycles. The first-order chi connectivity index (χ1) is 10.0. The number of aliphatic hydroxyl groups excluding tert-OH is 1. The van der Waals surface area contributed by atoms with Crippen LogP contribution in [-0.2, 0) is 9.84 Å². The van der Waals surface area contributed by atoms with E-state index in [9.17, 15) is 13.2 Å². The molecule has 1 atom stereocenters. The van der Waals surface area contributed by atoms with E-state index in [1.165, 1.54) is 11.3 Å². The Morgan fingerprint density at radius 3 is 3.00 bits per heavy atom. The maximum absolute atomic E-state index is 12.0. The van der Waals surface area contributed by atoms with Gasteiger partial charge in [0.2, 0.25) is 0 Å². The van der Waals surface area contributed by atoms with Gasteiger partial charge in [-0.2, -0.15) is 0 Å². The van der Waals surface area contributed by atoms with E-state index in [-0.39, 0.29) is 24.8 Å². The highest BCUT2D eigenvalue weighted by atomic mass is 32.2. The molecule has 1 fully saturated rings. The van der Waals surface area contributed by atoms with E-state index in [1.54, 1.807) is 11.4 Å². The highest BCUT2D eigenvalue weighted by Gasteiger charge is 2.31. The van der Waals surface area contributed by atoms with E-state index >= 15 is 0 Å². The lowest BCUT2D eigenvalue weighted by molar-refractivity contribution is 0.0954. The van der Waals surface area contributed by atoms with Gasteiger partial charge in [-0.15, -0.1) is 11.3 Å². The number of nitrogens with one attached hydrogen (secondary N) is 1. The molecule has 2 rings (SSSR count). The summed E-state index contributed by atoms with van der Waals surface area (Å²) in [6, 6.07) is 1.67. The second-order valence-corrected chi connectivity index (χ2v) is 8.13. The van der Waals surface area contributed by atoms with Crippen molar-refractivity contribution in [3.63, 3.8) is 0 Å². The normalized spacial score (nSPS) is 19.8. The maximum Gasteiger partial charge on any atom is 0.252 e. The average molecular weight is 327 g/mol. The number of carbonyl (C=O) groups is 1. The summed E-state index contributed by atoms with van der Waals surface area (Å²) >= 11 is 1.35. The van der Waals surface area contributed by atoms with Crippen molar-refractivity contribution in [2.75, 3.05) is 18.9 Å². The zero-order chi connectivity index (χ0) is 15.3. The van der Waals surface area contributed by atoms with E-state index < -0.39 is 15.1 Å². The van der Waals surface area contributed by atoms with E-state index in [0.717, 1.165) is 4.88 Å². The Hall–Kier alpha value is -1.36. The van der Waals surface area contributed by atoms with Crippen LogP contribution < -0.4 is 5.32 Å². The lowest BCUT2D eigenvalue weighted by Gasteiger charge is -2.09. The zero-order valence-electron chi connectivity index (χ0n) is 11.5. The molecule has 21 heavy (non-hydrogen) atoms. The van der Waals surface area contributed by atoms with Gasteiger partial charge < -0.3 is 10.4 Å². The van der Waals surface area contributed by atoms with Gasteiger partial charge in [-0.3, -0.25) is 4.79 Å². The van der Waals surface area contributed by atoms with Gasteiger partial charge in [-0.1, -0.05) is 11.8 Å². The summed E-state index contributed by atoms with van der Waals surface area (Å²) in [5.74, 6) is 5.60. The van der Waals surface area contributed by atoms with Crippen molar-refractivity contribution in [3.8, 4) is 11.8 Å². The molecule has 7 heteroatoms. The summed E-state index contributed by atoms with van der Waals surface area (Å²) in [5.41, 5.74) is 0.490. The van der Waals surface area contributed by atoms with Crippen molar-refractivity contribution in [1.82, 2.24) is 5.32 Å². The van der Waals surface area contributed by atoms with Crippen LogP contribution in [0.2, 0.25) is 0 Å². The number of rotatable bonds is 4. The first kappa shape index (κ1) is 16.0. The quantitative estimate of drug-likeness (QED) is 0.801. The Kier molecular flexibility index (Phi) is 5.39. The monoisotopic (exact) mass is 327 g/mol. The number of hydrogen-bond donors (Lipinski definition) is 2. The molecule has 1 saturated heterocycles. The van der Waals surface area contributed by atoms with Crippen LogP contribution in [0.3, 0.4) is 0 Å². The average Bonchev–Trinajstić information content (AvgIpc) is 3.03. The molecule has 114 valence electrons. The summed E-state index contributed by atoms with van der Waals surface area (Å²) in [4.78, 5) is 12.7. The lowest BCUT2D eigenvalue weighted by atomic mass is 10.2. The van der Waals surface area contributed by atoms with E-state index in [2.05, 4.69) is 17.2 Å². The fourth-order valence-corrected chi connectivity index (χ4v) is 4.64. The first-order valence-electron chi connectivity index (χ1n) is 6.71. The number of aliphatic hydroxyl groups is 1. The summed E-state index contributed by atoms with van der Waals surface area (Å²) in [5, 5.41) is 12.6. The molecule has 1 aromatic heterocycles. The predicted octanol–water partition coefficient (Wildman–Crippen LogP) is 0.789. The van der Waals surface area contributed by atoms with Gasteiger partial charge in [0.15, 0.2) is 9.84 Å². The van der Waals surface area contributed by atoms with Crippen LogP contribution in [0, 0.1) is 11.8 Å². The van der Waals surface area contributed by atoms with Crippen LogP contribution >= 0.6 is 11.3 Å². The topological polar surface area (TPSA) is 83.5 Å². The molecule has 1 aliphatic rings. The molecule has 5 nitrogen and oxygen atoms in total. The molecule has 1 amide bonds. The molecule has 0 saturated carbocycles. The number of amides is 1. The van der Waals surface area contributed by atoms with Gasteiger partial charge in [0.05, 0.1) is 28.1 Å². The highest BCUT2D eigenvalue weighted by molar-refractivity contribution is 7.92. The van der Waals surface area contributed by atoms with Crippen molar-refractivity contribution in [3.05, 3.63) is 21.9 Å². The number of hydrogen-bond acceptors (Lipinski definition) is 5. The Labute approximate surface area is 128 Å². The van der Waals surface area contributed by atoms with Gasteiger partial charge in [0.25, 0.3) is 5.91 Å². The number of sulfone groups is 1. The van der Waals surface area contributed by atoms with Gasteiger partial charge in [0.1, 0.15) is 0 Å². The predicted molar refractivity (Wildman–Crippen MR) is 82.0 cm³/mol.